The van der Waals surface area contributed by atoms with E-state index >= 15 is 0 Å². The highest BCUT2D eigenvalue weighted by Gasteiger charge is 2.26. The molecule has 0 aromatic rings. The maximum absolute atomic E-state index is 8.90. The van der Waals surface area contributed by atoms with Crippen molar-refractivity contribution in [1.82, 2.24) is 5.32 Å². The molecule has 80 valence electrons. The average Bonchev–Trinajstić information content (AvgIpc) is 2.19. The molecule has 1 rings (SSSR count). The summed E-state index contributed by atoms with van der Waals surface area (Å²) < 4.78 is 5.43. The number of nitriles is 1. The SMILES string of the molecule is CC(NC(C)(C)C#N)C1CCCOC1. The minimum atomic E-state index is -0.434. The van der Waals surface area contributed by atoms with Crippen molar-refractivity contribution in [3.05, 3.63) is 0 Å². The normalized spacial score (nSPS) is 25.4. The molecule has 3 heteroatoms. The Kier molecular flexibility index (Phi) is 3.91. The van der Waals surface area contributed by atoms with Gasteiger partial charge in [-0.05, 0) is 39.5 Å². The van der Waals surface area contributed by atoms with Crippen molar-refractivity contribution >= 4 is 0 Å². The van der Waals surface area contributed by atoms with Gasteiger partial charge in [-0.15, -0.1) is 0 Å². The van der Waals surface area contributed by atoms with Gasteiger partial charge in [0.15, 0.2) is 0 Å². The predicted octanol–water partition coefficient (Wildman–Crippen LogP) is 1.69. The smallest absolute Gasteiger partial charge is 0.101 e. The molecule has 0 aliphatic carbocycles. The molecule has 14 heavy (non-hydrogen) atoms. The topological polar surface area (TPSA) is 45.0 Å². The maximum Gasteiger partial charge on any atom is 0.101 e. The molecule has 1 heterocycles. The largest absolute Gasteiger partial charge is 0.381 e. The Morgan fingerprint density at radius 2 is 2.29 bits per heavy atom. The summed E-state index contributed by atoms with van der Waals surface area (Å²) in [6.45, 7) is 7.68. The third kappa shape index (κ3) is 3.28. The lowest BCUT2D eigenvalue weighted by Gasteiger charge is -2.32. The fraction of sp³-hybridized carbons (Fsp3) is 0.909. The van der Waals surface area contributed by atoms with E-state index in [1.165, 1.54) is 6.42 Å². The first-order valence-corrected chi connectivity index (χ1v) is 5.32. The van der Waals surface area contributed by atoms with Crippen LogP contribution in [0.4, 0.5) is 0 Å². The van der Waals surface area contributed by atoms with E-state index in [0.29, 0.717) is 12.0 Å². The molecule has 1 N–H and O–H groups in total. The van der Waals surface area contributed by atoms with Crippen LogP contribution in [0.2, 0.25) is 0 Å². The molecule has 0 saturated carbocycles. The van der Waals surface area contributed by atoms with Crippen LogP contribution in [0.25, 0.3) is 0 Å². The molecule has 3 nitrogen and oxygen atoms in total. The van der Waals surface area contributed by atoms with Gasteiger partial charge in [-0.2, -0.15) is 5.26 Å². The van der Waals surface area contributed by atoms with E-state index in [2.05, 4.69) is 18.3 Å². The molecule has 1 fully saturated rings. The molecule has 1 saturated heterocycles. The maximum atomic E-state index is 8.90. The second kappa shape index (κ2) is 4.77. The highest BCUT2D eigenvalue weighted by Crippen LogP contribution is 2.18. The molecule has 0 amide bonds. The predicted molar refractivity (Wildman–Crippen MR) is 55.8 cm³/mol. The Morgan fingerprint density at radius 1 is 1.57 bits per heavy atom. The van der Waals surface area contributed by atoms with E-state index in [4.69, 9.17) is 10.00 Å². The first kappa shape index (κ1) is 11.5. The molecule has 0 aromatic carbocycles. The molecule has 1 aliphatic heterocycles. The number of nitrogens with one attached hydrogen (secondary N) is 1. The molecular weight excluding hydrogens is 176 g/mol. The molecule has 2 atom stereocenters. The molecule has 0 radical (unpaired) electrons. The summed E-state index contributed by atoms with van der Waals surface area (Å²) >= 11 is 0. The van der Waals surface area contributed by atoms with Crippen molar-refractivity contribution in [2.24, 2.45) is 5.92 Å². The van der Waals surface area contributed by atoms with E-state index in [1.807, 2.05) is 13.8 Å². The van der Waals surface area contributed by atoms with Crippen LogP contribution in [-0.4, -0.2) is 24.8 Å². The van der Waals surface area contributed by atoms with Crippen LogP contribution >= 0.6 is 0 Å². The van der Waals surface area contributed by atoms with Gasteiger partial charge in [-0.25, -0.2) is 0 Å². The lowest BCUT2D eigenvalue weighted by molar-refractivity contribution is 0.0393. The standard InChI is InChI=1S/C11H20N2O/c1-9(13-11(2,3)8-12)10-5-4-6-14-7-10/h9-10,13H,4-7H2,1-3H3. The number of nitrogens with zero attached hydrogens (tertiary/aromatic N) is 1. The molecule has 0 bridgehead atoms. The van der Waals surface area contributed by atoms with E-state index in [-0.39, 0.29) is 0 Å². The van der Waals surface area contributed by atoms with Gasteiger partial charge >= 0.3 is 0 Å². The number of ether oxygens (including phenoxy) is 1. The summed E-state index contributed by atoms with van der Waals surface area (Å²) in [6, 6.07) is 2.61. The minimum Gasteiger partial charge on any atom is -0.381 e. The van der Waals surface area contributed by atoms with Gasteiger partial charge in [0.2, 0.25) is 0 Å². The van der Waals surface area contributed by atoms with Crippen molar-refractivity contribution < 1.29 is 4.74 Å². The van der Waals surface area contributed by atoms with Crippen LogP contribution in [0.3, 0.4) is 0 Å². The third-order valence-corrected chi connectivity index (χ3v) is 2.77. The Morgan fingerprint density at radius 3 is 2.79 bits per heavy atom. The Hall–Kier alpha value is -0.590. The van der Waals surface area contributed by atoms with Gasteiger partial charge in [0.05, 0.1) is 12.7 Å². The van der Waals surface area contributed by atoms with Crippen molar-refractivity contribution in [1.29, 1.82) is 5.26 Å². The summed E-state index contributed by atoms with van der Waals surface area (Å²) in [5.74, 6) is 0.552. The number of hydrogen-bond donors (Lipinski definition) is 1. The van der Waals surface area contributed by atoms with E-state index in [0.717, 1.165) is 19.6 Å². The van der Waals surface area contributed by atoms with Crippen molar-refractivity contribution in [2.75, 3.05) is 13.2 Å². The average molecular weight is 196 g/mol. The second-order valence-electron chi connectivity index (χ2n) is 4.65. The van der Waals surface area contributed by atoms with Gasteiger partial charge in [0.25, 0.3) is 0 Å². The molecule has 0 spiro atoms. The lowest BCUT2D eigenvalue weighted by Crippen LogP contribution is -2.48. The van der Waals surface area contributed by atoms with Gasteiger partial charge < -0.3 is 4.74 Å². The van der Waals surface area contributed by atoms with Gasteiger partial charge in [-0.3, -0.25) is 5.32 Å². The molecular formula is C11H20N2O. The fourth-order valence-corrected chi connectivity index (χ4v) is 1.88. The van der Waals surface area contributed by atoms with Crippen molar-refractivity contribution in [3.8, 4) is 6.07 Å². The Labute approximate surface area is 86.4 Å². The monoisotopic (exact) mass is 196 g/mol. The summed E-state index contributed by atoms with van der Waals surface area (Å²) in [6.07, 6.45) is 2.35. The third-order valence-electron chi connectivity index (χ3n) is 2.77. The lowest BCUT2D eigenvalue weighted by atomic mass is 9.93. The fourth-order valence-electron chi connectivity index (χ4n) is 1.88. The zero-order chi connectivity index (χ0) is 10.6. The Bertz CT molecular complexity index is 214. The summed E-state index contributed by atoms with van der Waals surface area (Å²) in [5, 5.41) is 12.2. The molecule has 2 unspecified atom stereocenters. The van der Waals surface area contributed by atoms with Gasteiger partial charge in [0.1, 0.15) is 5.54 Å². The number of rotatable bonds is 3. The van der Waals surface area contributed by atoms with E-state index in [9.17, 15) is 0 Å². The highest BCUT2D eigenvalue weighted by molar-refractivity contribution is 5.01. The van der Waals surface area contributed by atoms with Gasteiger partial charge in [-0.1, -0.05) is 0 Å². The zero-order valence-corrected chi connectivity index (χ0v) is 9.34. The van der Waals surface area contributed by atoms with Crippen LogP contribution < -0.4 is 5.32 Å². The van der Waals surface area contributed by atoms with Crippen LogP contribution in [0.1, 0.15) is 33.6 Å². The molecule has 1 aliphatic rings. The Balaban J connectivity index is 2.41. The van der Waals surface area contributed by atoms with Crippen LogP contribution in [0, 0.1) is 17.2 Å². The summed E-state index contributed by atoms with van der Waals surface area (Å²) in [7, 11) is 0. The van der Waals surface area contributed by atoms with Crippen LogP contribution in [-0.2, 0) is 4.74 Å². The first-order valence-electron chi connectivity index (χ1n) is 5.32. The summed E-state index contributed by atoms with van der Waals surface area (Å²) in [4.78, 5) is 0. The van der Waals surface area contributed by atoms with Crippen LogP contribution in [0.5, 0.6) is 0 Å². The van der Waals surface area contributed by atoms with Crippen LogP contribution in [0.15, 0.2) is 0 Å². The summed E-state index contributed by atoms with van der Waals surface area (Å²) in [5.41, 5.74) is -0.434. The van der Waals surface area contributed by atoms with Gasteiger partial charge in [0, 0.05) is 12.6 Å². The highest BCUT2D eigenvalue weighted by atomic mass is 16.5. The molecule has 0 aromatic heterocycles. The van der Waals surface area contributed by atoms with Crippen molar-refractivity contribution in [2.45, 2.75) is 45.2 Å². The van der Waals surface area contributed by atoms with Crippen molar-refractivity contribution in [3.63, 3.8) is 0 Å². The number of hydrogen-bond acceptors (Lipinski definition) is 3. The first-order chi connectivity index (χ1) is 6.55. The van der Waals surface area contributed by atoms with E-state index in [1.54, 1.807) is 0 Å². The quantitative estimate of drug-likeness (QED) is 0.747. The zero-order valence-electron chi connectivity index (χ0n) is 9.34. The minimum absolute atomic E-state index is 0.352. The van der Waals surface area contributed by atoms with E-state index < -0.39 is 5.54 Å². The second-order valence-corrected chi connectivity index (χ2v) is 4.65.